The summed E-state index contributed by atoms with van der Waals surface area (Å²) >= 11 is 5.81. The minimum atomic E-state index is -4.21. The van der Waals surface area contributed by atoms with Crippen molar-refractivity contribution in [2.45, 2.75) is 6.54 Å². The summed E-state index contributed by atoms with van der Waals surface area (Å²) in [7, 11) is -4.21. The van der Waals surface area contributed by atoms with Gasteiger partial charge < -0.3 is 10.4 Å². The van der Waals surface area contributed by atoms with E-state index in [4.69, 9.17) is 11.6 Å². The smallest absolute Gasteiger partial charge is 0.326 e. The molecule has 0 atom stereocenters. The summed E-state index contributed by atoms with van der Waals surface area (Å²) in [6, 6.07) is 3.90. The molecule has 1 aliphatic heterocycles. The fourth-order valence-electron chi connectivity index (χ4n) is 2.35. The highest BCUT2D eigenvalue weighted by atomic mass is 35.5. The Hall–Kier alpha value is -2.59. The molecule has 11 heteroatoms. The molecule has 1 fully saturated rings. The molecule has 2 aromatic rings. The molecule has 0 spiro atoms. The lowest BCUT2D eigenvalue weighted by molar-refractivity contribution is -0.117. The SMILES string of the molecule is O=C1CN(c2c(O)cc(CNc3cncc(Cl)c3)cc2F)S(=O)(=O)N1. The molecular weight excluding hydrogens is 375 g/mol. The van der Waals surface area contributed by atoms with Crippen molar-refractivity contribution in [3.63, 3.8) is 0 Å². The monoisotopic (exact) mass is 386 g/mol. The Labute approximate surface area is 147 Å². The van der Waals surface area contributed by atoms with Gasteiger partial charge in [0.25, 0.3) is 5.91 Å². The topological polar surface area (TPSA) is 112 Å². The Morgan fingerprint density at radius 2 is 2.12 bits per heavy atom. The van der Waals surface area contributed by atoms with Crippen molar-refractivity contribution in [3.8, 4) is 5.75 Å². The maximum Gasteiger partial charge on any atom is 0.326 e. The van der Waals surface area contributed by atoms with E-state index in [1.165, 1.54) is 18.5 Å². The zero-order valence-electron chi connectivity index (χ0n) is 12.5. The average Bonchev–Trinajstić information content (AvgIpc) is 2.77. The summed E-state index contributed by atoms with van der Waals surface area (Å²) in [6.07, 6.45) is 2.98. The predicted octanol–water partition coefficient (Wildman–Crippen LogP) is 1.37. The Bertz CT molecular complexity index is 931. The number of pyridine rings is 1. The van der Waals surface area contributed by atoms with Gasteiger partial charge in [0.1, 0.15) is 18.0 Å². The highest BCUT2D eigenvalue weighted by Gasteiger charge is 2.37. The summed E-state index contributed by atoms with van der Waals surface area (Å²) < 4.78 is 40.1. The second-order valence-electron chi connectivity index (χ2n) is 5.23. The molecule has 25 heavy (non-hydrogen) atoms. The molecular formula is C14H12ClFN4O4S. The van der Waals surface area contributed by atoms with E-state index < -0.39 is 39.9 Å². The number of rotatable bonds is 4. The zero-order valence-corrected chi connectivity index (χ0v) is 14.1. The van der Waals surface area contributed by atoms with Gasteiger partial charge in [-0.3, -0.25) is 9.78 Å². The summed E-state index contributed by atoms with van der Waals surface area (Å²) in [4.78, 5) is 15.1. The first-order valence-electron chi connectivity index (χ1n) is 6.95. The third-order valence-corrected chi connectivity index (χ3v) is 4.96. The summed E-state index contributed by atoms with van der Waals surface area (Å²) in [5.74, 6) is -2.37. The van der Waals surface area contributed by atoms with E-state index in [0.29, 0.717) is 20.6 Å². The number of carbonyl (C=O) groups is 1. The number of benzene rings is 1. The predicted molar refractivity (Wildman–Crippen MR) is 89.0 cm³/mol. The van der Waals surface area contributed by atoms with Gasteiger partial charge >= 0.3 is 10.2 Å². The van der Waals surface area contributed by atoms with Crippen molar-refractivity contribution in [1.29, 1.82) is 0 Å². The van der Waals surface area contributed by atoms with Crippen LogP contribution in [0.15, 0.2) is 30.6 Å². The van der Waals surface area contributed by atoms with Crippen LogP contribution in [0.5, 0.6) is 5.75 Å². The van der Waals surface area contributed by atoms with Crippen LogP contribution in [0, 0.1) is 5.82 Å². The quantitative estimate of drug-likeness (QED) is 0.731. The van der Waals surface area contributed by atoms with E-state index in [1.54, 1.807) is 10.8 Å². The number of phenols is 1. The average molecular weight is 387 g/mol. The van der Waals surface area contributed by atoms with Crippen LogP contribution in [-0.4, -0.2) is 31.0 Å². The van der Waals surface area contributed by atoms with Crippen molar-refractivity contribution in [3.05, 3.63) is 47.0 Å². The van der Waals surface area contributed by atoms with Crippen molar-refractivity contribution >= 4 is 39.1 Å². The van der Waals surface area contributed by atoms with E-state index in [0.717, 1.165) is 6.07 Å². The number of nitrogens with one attached hydrogen (secondary N) is 2. The molecule has 0 radical (unpaired) electrons. The number of anilines is 2. The fraction of sp³-hybridized carbons (Fsp3) is 0.143. The fourth-order valence-corrected chi connectivity index (χ4v) is 3.69. The minimum absolute atomic E-state index is 0.136. The van der Waals surface area contributed by atoms with Gasteiger partial charge in [0.15, 0.2) is 5.82 Å². The normalized spacial score (nSPS) is 15.9. The number of phenolic OH excluding ortho intramolecular Hbond substituents is 1. The maximum atomic E-state index is 14.4. The molecule has 2 heterocycles. The van der Waals surface area contributed by atoms with Crippen molar-refractivity contribution < 1.29 is 22.7 Å². The summed E-state index contributed by atoms with van der Waals surface area (Å²) in [5, 5.41) is 13.4. The van der Waals surface area contributed by atoms with Crippen molar-refractivity contribution in [1.82, 2.24) is 9.71 Å². The number of halogens is 2. The molecule has 132 valence electrons. The standard InChI is InChI=1S/C14H12ClFN4O4S/c15-9-3-10(6-17-5-9)18-4-8-1-11(16)14(12(21)2-8)20-7-13(22)19-25(20,23)24/h1-3,5-6,18,21H,4,7H2,(H,19,22). The van der Waals surface area contributed by atoms with Crippen LogP contribution in [0.25, 0.3) is 0 Å². The highest BCUT2D eigenvalue weighted by molar-refractivity contribution is 7.92. The first-order chi connectivity index (χ1) is 11.8. The Morgan fingerprint density at radius 3 is 2.72 bits per heavy atom. The van der Waals surface area contributed by atoms with Gasteiger partial charge in [0.05, 0.1) is 16.9 Å². The lowest BCUT2D eigenvalue weighted by atomic mass is 10.1. The van der Waals surface area contributed by atoms with Gasteiger partial charge in [-0.05, 0) is 23.8 Å². The van der Waals surface area contributed by atoms with Crippen LogP contribution >= 0.6 is 11.6 Å². The van der Waals surface area contributed by atoms with Gasteiger partial charge in [-0.2, -0.15) is 8.42 Å². The number of carbonyl (C=O) groups excluding carboxylic acids is 1. The lowest BCUT2D eigenvalue weighted by Crippen LogP contribution is -2.30. The van der Waals surface area contributed by atoms with E-state index in [9.17, 15) is 22.7 Å². The molecule has 0 unspecified atom stereocenters. The minimum Gasteiger partial charge on any atom is -0.506 e. The van der Waals surface area contributed by atoms with Gasteiger partial charge in [-0.25, -0.2) is 13.4 Å². The Kier molecular flexibility index (Phi) is 4.39. The Morgan fingerprint density at radius 1 is 1.36 bits per heavy atom. The van der Waals surface area contributed by atoms with Crippen LogP contribution < -0.4 is 14.3 Å². The van der Waals surface area contributed by atoms with Crippen LogP contribution in [0.1, 0.15) is 5.56 Å². The van der Waals surface area contributed by atoms with Crippen molar-refractivity contribution in [2.24, 2.45) is 0 Å². The summed E-state index contributed by atoms with van der Waals surface area (Å²) in [5.41, 5.74) is 0.370. The number of amides is 1. The lowest BCUT2D eigenvalue weighted by Gasteiger charge is -2.18. The van der Waals surface area contributed by atoms with Gasteiger partial charge in [-0.15, -0.1) is 0 Å². The number of nitrogens with zero attached hydrogens (tertiary/aromatic N) is 2. The number of aromatic nitrogens is 1. The second kappa shape index (κ2) is 6.37. The molecule has 3 rings (SSSR count). The van der Waals surface area contributed by atoms with Gasteiger partial charge in [-0.1, -0.05) is 11.6 Å². The molecule has 3 N–H and O–H groups in total. The molecule has 1 aromatic carbocycles. The third-order valence-electron chi connectivity index (χ3n) is 3.37. The Balaban J connectivity index is 1.84. The van der Waals surface area contributed by atoms with Crippen molar-refractivity contribution in [2.75, 3.05) is 16.2 Å². The van der Waals surface area contributed by atoms with E-state index >= 15 is 0 Å². The first-order valence-corrected chi connectivity index (χ1v) is 8.77. The maximum absolute atomic E-state index is 14.4. The van der Waals surface area contributed by atoms with Gasteiger partial charge in [0, 0.05) is 12.7 Å². The molecule has 0 saturated carbocycles. The van der Waals surface area contributed by atoms with E-state index in [-0.39, 0.29) is 6.54 Å². The first kappa shape index (κ1) is 17.2. The number of hydrogen-bond donors (Lipinski definition) is 3. The highest BCUT2D eigenvalue weighted by Crippen LogP contribution is 2.34. The largest absolute Gasteiger partial charge is 0.506 e. The number of hydrogen-bond acceptors (Lipinski definition) is 6. The zero-order chi connectivity index (χ0) is 18.2. The van der Waals surface area contributed by atoms with Crippen LogP contribution in [0.2, 0.25) is 5.02 Å². The second-order valence-corrected chi connectivity index (χ2v) is 7.26. The molecule has 0 bridgehead atoms. The van der Waals surface area contributed by atoms with Crippen LogP contribution in [-0.2, 0) is 21.5 Å². The van der Waals surface area contributed by atoms with Crippen LogP contribution in [0.3, 0.4) is 0 Å². The van der Waals surface area contributed by atoms with E-state index in [2.05, 4.69) is 10.3 Å². The van der Waals surface area contributed by atoms with Gasteiger partial charge in [0.2, 0.25) is 0 Å². The molecule has 1 saturated heterocycles. The molecule has 8 nitrogen and oxygen atoms in total. The molecule has 1 amide bonds. The molecule has 0 aliphatic carbocycles. The van der Waals surface area contributed by atoms with E-state index in [1.807, 2.05) is 0 Å². The number of aromatic hydroxyl groups is 1. The van der Waals surface area contributed by atoms with Crippen LogP contribution in [0.4, 0.5) is 15.8 Å². The molecule has 1 aromatic heterocycles. The summed E-state index contributed by atoms with van der Waals surface area (Å²) in [6.45, 7) is -0.463. The molecule has 1 aliphatic rings. The third kappa shape index (κ3) is 3.59.